The molecule has 23 heavy (non-hydrogen) atoms. The topological polar surface area (TPSA) is 79.4 Å². The molecule has 0 atom stereocenters. The zero-order valence-corrected chi connectivity index (χ0v) is 13.6. The van der Waals surface area contributed by atoms with Crippen LogP contribution in [0.5, 0.6) is 0 Å². The van der Waals surface area contributed by atoms with Crippen molar-refractivity contribution in [2.75, 3.05) is 10.2 Å². The van der Waals surface area contributed by atoms with E-state index in [4.69, 9.17) is 0 Å². The number of carbonyl (C=O) groups excluding carboxylic acids is 3. The summed E-state index contributed by atoms with van der Waals surface area (Å²) < 4.78 is 0. The van der Waals surface area contributed by atoms with E-state index < -0.39 is 0 Å². The van der Waals surface area contributed by atoms with E-state index in [0.29, 0.717) is 16.4 Å². The zero-order chi connectivity index (χ0) is 16.6. The van der Waals surface area contributed by atoms with Gasteiger partial charge in [0.2, 0.25) is 11.8 Å². The Hall–Kier alpha value is -2.54. The lowest BCUT2D eigenvalue weighted by Gasteiger charge is -2.13. The van der Waals surface area contributed by atoms with Gasteiger partial charge in [-0.25, -0.2) is 4.98 Å². The molecule has 0 saturated carbocycles. The molecule has 0 bridgehead atoms. The Balaban J connectivity index is 1.75. The molecule has 1 N–H and O–H groups in total. The number of rotatable bonds is 3. The van der Waals surface area contributed by atoms with Gasteiger partial charge in [-0.05, 0) is 38.1 Å². The first-order valence-corrected chi connectivity index (χ1v) is 7.98. The van der Waals surface area contributed by atoms with Gasteiger partial charge in [0.15, 0.2) is 5.13 Å². The predicted molar refractivity (Wildman–Crippen MR) is 87.7 cm³/mol. The van der Waals surface area contributed by atoms with E-state index in [2.05, 4.69) is 10.3 Å². The van der Waals surface area contributed by atoms with Crippen molar-refractivity contribution in [1.82, 2.24) is 4.98 Å². The molecule has 6 nitrogen and oxygen atoms in total. The first kappa shape index (κ1) is 15.4. The fraction of sp³-hybridized carbons (Fsp3) is 0.250. The molecule has 0 spiro atoms. The van der Waals surface area contributed by atoms with Crippen LogP contribution in [-0.4, -0.2) is 22.7 Å². The molecule has 2 aromatic rings. The van der Waals surface area contributed by atoms with E-state index in [-0.39, 0.29) is 30.6 Å². The highest BCUT2D eigenvalue weighted by atomic mass is 32.1. The molecule has 0 radical (unpaired) electrons. The van der Waals surface area contributed by atoms with Crippen LogP contribution in [0.3, 0.4) is 0 Å². The SMILES string of the molecule is Cc1nc(NC(=O)c2ccc(N3C(=O)CCC3=O)cc2)sc1C. The number of nitrogens with zero attached hydrogens (tertiary/aromatic N) is 2. The van der Waals surface area contributed by atoms with E-state index in [9.17, 15) is 14.4 Å². The Labute approximate surface area is 137 Å². The van der Waals surface area contributed by atoms with Crippen LogP contribution in [0.15, 0.2) is 24.3 Å². The van der Waals surface area contributed by atoms with Crippen molar-refractivity contribution in [3.63, 3.8) is 0 Å². The minimum absolute atomic E-state index is 0.207. The molecule has 3 rings (SSSR count). The second-order valence-corrected chi connectivity index (χ2v) is 6.49. The molecule has 1 fully saturated rings. The van der Waals surface area contributed by atoms with Gasteiger partial charge in [0, 0.05) is 23.3 Å². The molecule has 0 aliphatic carbocycles. The van der Waals surface area contributed by atoms with Gasteiger partial charge in [0.05, 0.1) is 11.4 Å². The third kappa shape index (κ3) is 3.00. The van der Waals surface area contributed by atoms with Crippen molar-refractivity contribution >= 4 is 39.9 Å². The maximum atomic E-state index is 12.2. The summed E-state index contributed by atoms with van der Waals surface area (Å²) >= 11 is 1.42. The largest absolute Gasteiger partial charge is 0.298 e. The van der Waals surface area contributed by atoms with Crippen molar-refractivity contribution in [1.29, 1.82) is 0 Å². The molecule has 3 amide bonds. The van der Waals surface area contributed by atoms with Crippen molar-refractivity contribution in [3.8, 4) is 0 Å². The number of amides is 3. The van der Waals surface area contributed by atoms with E-state index in [1.807, 2.05) is 13.8 Å². The molecule has 118 valence electrons. The molecule has 1 aliphatic rings. The highest BCUT2D eigenvalue weighted by molar-refractivity contribution is 7.15. The van der Waals surface area contributed by atoms with E-state index in [0.717, 1.165) is 15.5 Å². The highest BCUT2D eigenvalue weighted by Gasteiger charge is 2.30. The van der Waals surface area contributed by atoms with Crippen LogP contribution >= 0.6 is 11.3 Å². The van der Waals surface area contributed by atoms with Gasteiger partial charge in [-0.1, -0.05) is 0 Å². The van der Waals surface area contributed by atoms with Crippen LogP contribution in [0.2, 0.25) is 0 Å². The number of nitrogens with one attached hydrogen (secondary N) is 1. The fourth-order valence-corrected chi connectivity index (χ4v) is 3.13. The lowest BCUT2D eigenvalue weighted by molar-refractivity contribution is -0.121. The van der Waals surface area contributed by atoms with E-state index in [1.165, 1.54) is 11.3 Å². The number of anilines is 2. The highest BCUT2D eigenvalue weighted by Crippen LogP contribution is 2.24. The summed E-state index contributed by atoms with van der Waals surface area (Å²) in [6.07, 6.45) is 0.480. The maximum Gasteiger partial charge on any atom is 0.257 e. The Bertz CT molecular complexity index is 760. The smallest absolute Gasteiger partial charge is 0.257 e. The quantitative estimate of drug-likeness (QED) is 0.878. The summed E-state index contributed by atoms with van der Waals surface area (Å²) in [4.78, 5) is 42.1. The summed E-state index contributed by atoms with van der Waals surface area (Å²) in [5, 5.41) is 3.30. The summed E-state index contributed by atoms with van der Waals surface area (Å²) in [6, 6.07) is 6.40. The average molecular weight is 329 g/mol. The molecule has 1 aromatic heterocycles. The predicted octanol–water partition coefficient (Wildman–Crippen LogP) is 2.67. The number of carbonyl (C=O) groups is 3. The third-order valence-electron chi connectivity index (χ3n) is 3.69. The second-order valence-electron chi connectivity index (χ2n) is 5.28. The van der Waals surface area contributed by atoms with Gasteiger partial charge >= 0.3 is 0 Å². The summed E-state index contributed by atoms with van der Waals surface area (Å²) in [7, 11) is 0. The van der Waals surface area contributed by atoms with Gasteiger partial charge in [-0.2, -0.15) is 0 Å². The normalized spacial score (nSPS) is 14.4. The van der Waals surface area contributed by atoms with Gasteiger partial charge in [-0.3, -0.25) is 24.6 Å². The standard InChI is InChI=1S/C16H15N3O3S/c1-9-10(2)23-16(17-9)18-15(22)11-3-5-12(6-4-11)19-13(20)7-8-14(19)21/h3-6H,7-8H2,1-2H3,(H,17,18,22). The molecule has 1 aliphatic heterocycles. The molecular weight excluding hydrogens is 314 g/mol. The number of thiazole rings is 1. The number of imide groups is 1. The Kier molecular flexibility index (Phi) is 3.96. The van der Waals surface area contributed by atoms with Crippen LogP contribution < -0.4 is 10.2 Å². The molecule has 1 aromatic carbocycles. The Morgan fingerprint density at radius 1 is 1.13 bits per heavy atom. The summed E-state index contributed by atoms with van der Waals surface area (Å²) in [5.41, 5.74) is 1.83. The molecule has 2 heterocycles. The maximum absolute atomic E-state index is 12.2. The van der Waals surface area contributed by atoms with Crippen LogP contribution in [0, 0.1) is 13.8 Å². The second kappa shape index (κ2) is 5.92. The van der Waals surface area contributed by atoms with Crippen LogP contribution in [0.4, 0.5) is 10.8 Å². The van der Waals surface area contributed by atoms with Crippen LogP contribution in [0.1, 0.15) is 33.8 Å². The van der Waals surface area contributed by atoms with Crippen molar-refractivity contribution in [2.45, 2.75) is 26.7 Å². The minimum Gasteiger partial charge on any atom is -0.298 e. The van der Waals surface area contributed by atoms with Gasteiger partial charge in [0.25, 0.3) is 5.91 Å². The molecule has 7 heteroatoms. The van der Waals surface area contributed by atoms with Crippen LogP contribution in [0.25, 0.3) is 0 Å². The van der Waals surface area contributed by atoms with Gasteiger partial charge in [0.1, 0.15) is 0 Å². The monoisotopic (exact) mass is 329 g/mol. The number of aromatic nitrogens is 1. The fourth-order valence-electron chi connectivity index (χ4n) is 2.32. The summed E-state index contributed by atoms with van der Waals surface area (Å²) in [5.74, 6) is -0.689. The number of hydrogen-bond acceptors (Lipinski definition) is 5. The van der Waals surface area contributed by atoms with E-state index in [1.54, 1.807) is 24.3 Å². The number of hydrogen-bond donors (Lipinski definition) is 1. The van der Waals surface area contributed by atoms with Crippen molar-refractivity contribution in [2.24, 2.45) is 0 Å². The summed E-state index contributed by atoms with van der Waals surface area (Å²) in [6.45, 7) is 3.84. The Morgan fingerprint density at radius 2 is 1.74 bits per heavy atom. The lowest BCUT2D eigenvalue weighted by Crippen LogP contribution is -2.28. The Morgan fingerprint density at radius 3 is 2.26 bits per heavy atom. The van der Waals surface area contributed by atoms with Gasteiger partial charge in [-0.15, -0.1) is 11.3 Å². The van der Waals surface area contributed by atoms with Gasteiger partial charge < -0.3 is 0 Å². The molecule has 1 saturated heterocycles. The third-order valence-corrected chi connectivity index (χ3v) is 4.68. The average Bonchev–Trinajstić information content (AvgIpc) is 3.01. The van der Waals surface area contributed by atoms with E-state index >= 15 is 0 Å². The van der Waals surface area contributed by atoms with Crippen LogP contribution in [-0.2, 0) is 9.59 Å². The van der Waals surface area contributed by atoms with Crippen molar-refractivity contribution < 1.29 is 14.4 Å². The van der Waals surface area contributed by atoms with Crippen molar-refractivity contribution in [3.05, 3.63) is 40.4 Å². The first-order chi connectivity index (χ1) is 11.0. The lowest BCUT2D eigenvalue weighted by atomic mass is 10.2. The molecular formula is C16H15N3O3S. The minimum atomic E-state index is -0.274. The zero-order valence-electron chi connectivity index (χ0n) is 12.8. The molecule has 0 unspecified atom stereocenters. The number of benzene rings is 1. The number of aryl methyl sites for hydroxylation is 2. The first-order valence-electron chi connectivity index (χ1n) is 7.17.